The molecular weight excluding hydrogens is 449 g/mol. The Morgan fingerprint density at radius 2 is 1.97 bits per heavy atom. The number of ether oxygens (including phenoxy) is 1. The van der Waals surface area contributed by atoms with E-state index in [4.69, 9.17) is 4.74 Å². The van der Waals surface area contributed by atoms with Crippen molar-refractivity contribution >= 4 is 29.0 Å². The minimum Gasteiger partial charge on any atom is -0.494 e. The van der Waals surface area contributed by atoms with E-state index in [1.165, 1.54) is 25.4 Å². The van der Waals surface area contributed by atoms with Crippen LogP contribution in [0.4, 0.5) is 24.5 Å². The predicted molar refractivity (Wildman–Crippen MR) is 113 cm³/mol. The van der Waals surface area contributed by atoms with Crippen molar-refractivity contribution in [3.63, 3.8) is 0 Å². The van der Waals surface area contributed by atoms with Crippen LogP contribution in [0.15, 0.2) is 59.9 Å². The Balaban J connectivity index is 1.76. The third-order valence-corrected chi connectivity index (χ3v) is 5.22. The molecule has 0 aliphatic heterocycles. The highest BCUT2D eigenvalue weighted by Crippen LogP contribution is 2.31. The molecule has 0 radical (unpaired) electrons. The van der Waals surface area contributed by atoms with Crippen molar-refractivity contribution in [2.75, 3.05) is 18.2 Å². The summed E-state index contributed by atoms with van der Waals surface area (Å²) in [5, 5.41) is 13.4. The molecule has 2 aromatic carbocycles. The number of rotatable bonds is 8. The lowest BCUT2D eigenvalue weighted by atomic mass is 10.2. The number of hydrogen-bond acceptors (Lipinski definition) is 6. The van der Waals surface area contributed by atoms with Gasteiger partial charge in [-0.3, -0.25) is 14.9 Å². The van der Waals surface area contributed by atoms with E-state index in [0.717, 1.165) is 22.4 Å². The highest BCUT2D eigenvalue weighted by atomic mass is 32.2. The molecule has 168 valence electrons. The lowest BCUT2D eigenvalue weighted by molar-refractivity contribution is -0.384. The van der Waals surface area contributed by atoms with Gasteiger partial charge >= 0.3 is 6.18 Å². The standard InChI is InChI=1S/C20H17F3N4O4S/c1-31-17-9-14(27(29)30)7-8-15(17)25-18(28)11-32-19-24-10-16(13-5-3-2-4-6-13)26(19)12-20(21,22)23/h2-10H,11-12H2,1H3,(H,25,28). The van der Waals surface area contributed by atoms with Gasteiger partial charge in [0, 0.05) is 6.07 Å². The topological polar surface area (TPSA) is 99.3 Å². The maximum Gasteiger partial charge on any atom is 0.406 e. The summed E-state index contributed by atoms with van der Waals surface area (Å²) in [4.78, 5) is 26.7. The van der Waals surface area contributed by atoms with Gasteiger partial charge in [-0.1, -0.05) is 42.1 Å². The first-order valence-corrected chi connectivity index (χ1v) is 10.1. The number of hydrogen-bond donors (Lipinski definition) is 1. The Bertz CT molecular complexity index is 1120. The zero-order valence-electron chi connectivity index (χ0n) is 16.6. The van der Waals surface area contributed by atoms with Crippen molar-refractivity contribution in [2.24, 2.45) is 0 Å². The van der Waals surface area contributed by atoms with Crippen LogP contribution in [0, 0.1) is 10.1 Å². The van der Waals surface area contributed by atoms with E-state index in [9.17, 15) is 28.1 Å². The van der Waals surface area contributed by atoms with Crippen molar-refractivity contribution in [3.05, 3.63) is 64.8 Å². The Morgan fingerprint density at radius 1 is 1.25 bits per heavy atom. The number of nitro benzene ring substituents is 1. The second-order valence-electron chi connectivity index (χ2n) is 6.47. The molecule has 0 fully saturated rings. The van der Waals surface area contributed by atoms with Gasteiger partial charge in [0.2, 0.25) is 5.91 Å². The van der Waals surface area contributed by atoms with Gasteiger partial charge in [0.05, 0.1) is 41.4 Å². The molecular formula is C20H17F3N4O4S. The van der Waals surface area contributed by atoms with Crippen molar-refractivity contribution in [2.45, 2.75) is 17.9 Å². The number of nitrogens with one attached hydrogen (secondary N) is 1. The summed E-state index contributed by atoms with van der Waals surface area (Å²) >= 11 is 0.843. The summed E-state index contributed by atoms with van der Waals surface area (Å²) in [6.45, 7) is -1.25. The van der Waals surface area contributed by atoms with Crippen molar-refractivity contribution in [1.29, 1.82) is 0 Å². The van der Waals surface area contributed by atoms with Gasteiger partial charge in [0.25, 0.3) is 5.69 Å². The maximum atomic E-state index is 13.2. The Hall–Kier alpha value is -3.54. The zero-order valence-corrected chi connectivity index (χ0v) is 17.4. The Morgan fingerprint density at radius 3 is 2.59 bits per heavy atom. The number of carbonyl (C=O) groups is 1. The molecule has 0 saturated heterocycles. The van der Waals surface area contributed by atoms with E-state index in [1.807, 2.05) is 0 Å². The molecule has 8 nitrogen and oxygen atoms in total. The first-order chi connectivity index (χ1) is 15.2. The molecule has 0 atom stereocenters. The van der Waals surface area contributed by atoms with Crippen LogP contribution >= 0.6 is 11.8 Å². The molecule has 0 bridgehead atoms. The number of methoxy groups -OCH3 is 1. The number of aromatic nitrogens is 2. The van der Waals surface area contributed by atoms with Gasteiger partial charge in [-0.2, -0.15) is 13.2 Å². The summed E-state index contributed by atoms with van der Waals surface area (Å²) in [6, 6.07) is 12.2. The lowest BCUT2D eigenvalue weighted by Gasteiger charge is -2.14. The fourth-order valence-corrected chi connectivity index (χ4v) is 3.64. The molecule has 0 unspecified atom stereocenters. The number of halogens is 3. The number of imidazole rings is 1. The van der Waals surface area contributed by atoms with Gasteiger partial charge in [-0.05, 0) is 11.6 Å². The first-order valence-electron chi connectivity index (χ1n) is 9.10. The molecule has 32 heavy (non-hydrogen) atoms. The molecule has 0 spiro atoms. The molecule has 1 N–H and O–H groups in total. The van der Waals surface area contributed by atoms with Gasteiger partial charge < -0.3 is 14.6 Å². The summed E-state index contributed by atoms with van der Waals surface area (Å²) < 4.78 is 45.5. The Labute approximate surface area is 184 Å². The SMILES string of the molecule is COc1cc([N+](=O)[O-])ccc1NC(=O)CSc1ncc(-c2ccccc2)n1CC(F)(F)F. The van der Waals surface area contributed by atoms with E-state index < -0.39 is 23.6 Å². The van der Waals surface area contributed by atoms with Crippen LogP contribution in [0.5, 0.6) is 5.75 Å². The zero-order chi connectivity index (χ0) is 23.3. The van der Waals surface area contributed by atoms with Crippen LogP contribution in [-0.2, 0) is 11.3 Å². The molecule has 1 aromatic heterocycles. The van der Waals surface area contributed by atoms with Crippen LogP contribution in [0.2, 0.25) is 0 Å². The van der Waals surface area contributed by atoms with Gasteiger partial charge in [0.1, 0.15) is 12.3 Å². The van der Waals surface area contributed by atoms with E-state index >= 15 is 0 Å². The van der Waals surface area contributed by atoms with Crippen LogP contribution < -0.4 is 10.1 Å². The summed E-state index contributed by atoms with van der Waals surface area (Å²) in [6.07, 6.45) is -3.14. The van der Waals surface area contributed by atoms with E-state index in [0.29, 0.717) is 5.56 Å². The number of amides is 1. The third-order valence-electron chi connectivity index (χ3n) is 4.23. The number of nitro groups is 1. The maximum absolute atomic E-state index is 13.2. The quantitative estimate of drug-likeness (QED) is 0.292. The molecule has 12 heteroatoms. The number of anilines is 1. The monoisotopic (exact) mass is 466 g/mol. The first kappa shape index (κ1) is 23.1. The van der Waals surface area contributed by atoms with Crippen molar-refractivity contribution in [1.82, 2.24) is 9.55 Å². The van der Waals surface area contributed by atoms with Crippen LogP contribution in [0.1, 0.15) is 0 Å². The minimum absolute atomic E-state index is 0.0343. The number of non-ortho nitro benzene ring substituents is 1. The summed E-state index contributed by atoms with van der Waals surface area (Å²) in [7, 11) is 1.29. The number of alkyl halides is 3. The van der Waals surface area contributed by atoms with Gasteiger partial charge in [-0.15, -0.1) is 0 Å². The highest BCUT2D eigenvalue weighted by Gasteiger charge is 2.31. The second kappa shape index (κ2) is 9.73. The highest BCUT2D eigenvalue weighted by molar-refractivity contribution is 7.99. The molecule has 0 saturated carbocycles. The van der Waals surface area contributed by atoms with E-state index in [-0.39, 0.29) is 33.7 Å². The molecule has 0 aliphatic carbocycles. The van der Waals surface area contributed by atoms with Crippen LogP contribution in [-0.4, -0.2) is 39.4 Å². The largest absolute Gasteiger partial charge is 0.494 e. The van der Waals surface area contributed by atoms with Crippen molar-refractivity contribution < 1.29 is 27.6 Å². The number of benzene rings is 2. The molecule has 3 aromatic rings. The summed E-state index contributed by atoms with van der Waals surface area (Å²) in [5.74, 6) is -0.684. The molecule has 1 heterocycles. The average Bonchev–Trinajstić information content (AvgIpc) is 3.13. The number of nitrogens with zero attached hydrogens (tertiary/aromatic N) is 3. The fraction of sp³-hybridized carbons (Fsp3) is 0.200. The average molecular weight is 466 g/mol. The van der Waals surface area contributed by atoms with Crippen molar-refractivity contribution in [3.8, 4) is 17.0 Å². The number of thioether (sulfide) groups is 1. The second-order valence-corrected chi connectivity index (χ2v) is 7.41. The Kier molecular flexibility index (Phi) is 7.03. The molecule has 1 amide bonds. The normalized spacial score (nSPS) is 11.2. The third kappa shape index (κ3) is 5.78. The molecule has 3 rings (SSSR count). The molecule has 0 aliphatic rings. The fourth-order valence-electron chi connectivity index (χ4n) is 2.86. The lowest BCUT2D eigenvalue weighted by Crippen LogP contribution is -2.20. The summed E-state index contributed by atoms with van der Waals surface area (Å²) in [5.41, 5.74) is 0.836. The number of carbonyl (C=O) groups excluding carboxylic acids is 1. The van der Waals surface area contributed by atoms with Gasteiger partial charge in [-0.25, -0.2) is 4.98 Å². The van der Waals surface area contributed by atoms with E-state index in [1.54, 1.807) is 30.3 Å². The van der Waals surface area contributed by atoms with Crippen LogP contribution in [0.25, 0.3) is 11.3 Å². The van der Waals surface area contributed by atoms with Gasteiger partial charge in [0.15, 0.2) is 5.16 Å². The minimum atomic E-state index is -4.48. The van der Waals surface area contributed by atoms with E-state index in [2.05, 4.69) is 10.3 Å². The smallest absolute Gasteiger partial charge is 0.406 e. The predicted octanol–water partition coefficient (Wildman–Crippen LogP) is 4.76. The van der Waals surface area contributed by atoms with Crippen LogP contribution in [0.3, 0.4) is 0 Å².